The molecule has 1 saturated heterocycles. The molecule has 1 fully saturated rings. The van der Waals surface area contributed by atoms with Crippen molar-refractivity contribution in [1.29, 1.82) is 0 Å². The lowest BCUT2D eigenvalue weighted by Gasteiger charge is -2.28. The predicted molar refractivity (Wildman–Crippen MR) is 122 cm³/mol. The molecule has 2 aromatic heterocycles. The normalized spacial score (nSPS) is 13.9. The minimum absolute atomic E-state index is 0.305. The van der Waals surface area contributed by atoms with E-state index >= 15 is 0 Å². The molecule has 2 aromatic carbocycles. The average Bonchev–Trinajstić information content (AvgIpc) is 3.30. The first kappa shape index (κ1) is 20.3. The van der Waals surface area contributed by atoms with Crippen LogP contribution < -0.4 is 10.5 Å². The molecular formula is C23H20N4O4S. The maximum absolute atomic E-state index is 12.9. The van der Waals surface area contributed by atoms with Crippen LogP contribution in [0.5, 0.6) is 0 Å². The number of carbonyl (C=O) groups is 1. The average molecular weight is 449 g/mol. The number of ether oxygens (including phenoxy) is 2. The second kappa shape index (κ2) is 8.89. The van der Waals surface area contributed by atoms with Crippen LogP contribution in [-0.4, -0.2) is 47.3 Å². The van der Waals surface area contributed by atoms with E-state index in [0.29, 0.717) is 29.0 Å². The van der Waals surface area contributed by atoms with Crippen molar-refractivity contribution in [1.82, 2.24) is 15.0 Å². The molecule has 0 N–H and O–H groups in total. The molecule has 0 bridgehead atoms. The van der Waals surface area contributed by atoms with Crippen LogP contribution in [0.15, 0.2) is 65.5 Å². The molecule has 4 aromatic rings. The number of nitrogens with zero attached hydrogens (tertiary/aromatic N) is 4. The van der Waals surface area contributed by atoms with Gasteiger partial charge in [0.1, 0.15) is 10.4 Å². The number of morpholine rings is 1. The van der Waals surface area contributed by atoms with E-state index in [4.69, 9.17) is 9.47 Å². The fourth-order valence-corrected chi connectivity index (χ4v) is 4.73. The van der Waals surface area contributed by atoms with Gasteiger partial charge in [0.15, 0.2) is 6.73 Å². The standard InChI is InChI=1S/C23H20N4O4S/c28-21-17-8-4-5-9-19(17)24-25-27(21)15-31-23(29)20-14-18(16-6-2-1-3-7-16)22(32-20)26-10-12-30-13-11-26/h1-9,14H,10-13,15H2. The number of benzene rings is 2. The summed E-state index contributed by atoms with van der Waals surface area (Å²) in [6, 6.07) is 18.7. The summed E-state index contributed by atoms with van der Waals surface area (Å²) >= 11 is 1.38. The first-order valence-corrected chi connectivity index (χ1v) is 11.0. The Morgan fingerprint density at radius 3 is 2.62 bits per heavy atom. The zero-order valence-corrected chi connectivity index (χ0v) is 18.0. The molecule has 0 saturated carbocycles. The highest BCUT2D eigenvalue weighted by atomic mass is 32.1. The number of hydrogen-bond acceptors (Lipinski definition) is 8. The Kier molecular flexibility index (Phi) is 5.66. The Labute approximate surface area is 187 Å². The van der Waals surface area contributed by atoms with E-state index in [1.165, 1.54) is 11.3 Å². The van der Waals surface area contributed by atoms with Crippen molar-refractivity contribution in [2.45, 2.75) is 6.73 Å². The summed E-state index contributed by atoms with van der Waals surface area (Å²) in [5, 5.41) is 9.33. The largest absolute Gasteiger partial charge is 0.438 e. The summed E-state index contributed by atoms with van der Waals surface area (Å²) in [6.07, 6.45) is 0. The predicted octanol–water partition coefficient (Wildman–Crippen LogP) is 3.17. The summed E-state index contributed by atoms with van der Waals surface area (Å²) in [6.45, 7) is 2.51. The van der Waals surface area contributed by atoms with Crippen molar-refractivity contribution in [2.75, 3.05) is 31.2 Å². The summed E-state index contributed by atoms with van der Waals surface area (Å²) in [5.41, 5.74) is 2.16. The van der Waals surface area contributed by atoms with E-state index in [-0.39, 0.29) is 12.3 Å². The van der Waals surface area contributed by atoms with Crippen molar-refractivity contribution in [3.05, 3.63) is 75.9 Å². The molecule has 0 aliphatic carbocycles. The quantitative estimate of drug-likeness (QED) is 0.434. The van der Waals surface area contributed by atoms with Gasteiger partial charge in [0.25, 0.3) is 5.56 Å². The van der Waals surface area contributed by atoms with Gasteiger partial charge in [-0.05, 0) is 23.8 Å². The summed E-state index contributed by atoms with van der Waals surface area (Å²) in [4.78, 5) is 28.1. The number of anilines is 1. The molecule has 0 atom stereocenters. The van der Waals surface area contributed by atoms with Crippen LogP contribution in [0.25, 0.3) is 22.0 Å². The summed E-state index contributed by atoms with van der Waals surface area (Å²) < 4.78 is 12.0. The molecule has 5 rings (SSSR count). The minimum Gasteiger partial charge on any atom is -0.438 e. The molecule has 0 spiro atoms. The van der Waals surface area contributed by atoms with Gasteiger partial charge in [0.2, 0.25) is 0 Å². The first-order valence-electron chi connectivity index (χ1n) is 10.2. The number of fused-ring (bicyclic) bond motifs is 1. The van der Waals surface area contributed by atoms with E-state index < -0.39 is 5.97 Å². The van der Waals surface area contributed by atoms with Crippen molar-refractivity contribution in [3.63, 3.8) is 0 Å². The van der Waals surface area contributed by atoms with Crippen molar-refractivity contribution >= 4 is 33.2 Å². The molecule has 9 heteroatoms. The highest BCUT2D eigenvalue weighted by Crippen LogP contribution is 2.39. The van der Waals surface area contributed by atoms with Gasteiger partial charge in [-0.25, -0.2) is 4.79 Å². The molecule has 162 valence electrons. The maximum Gasteiger partial charge on any atom is 0.350 e. The minimum atomic E-state index is -0.506. The smallest absolute Gasteiger partial charge is 0.350 e. The third-order valence-corrected chi connectivity index (χ3v) is 6.42. The van der Waals surface area contributed by atoms with Crippen LogP contribution in [0.3, 0.4) is 0 Å². The molecule has 8 nitrogen and oxygen atoms in total. The van der Waals surface area contributed by atoms with E-state index in [1.807, 2.05) is 36.4 Å². The number of carbonyl (C=O) groups excluding carboxylic acids is 1. The lowest BCUT2D eigenvalue weighted by molar-refractivity contribution is 0.0342. The number of hydrogen-bond donors (Lipinski definition) is 0. The molecule has 0 amide bonds. The van der Waals surface area contributed by atoms with E-state index in [1.54, 1.807) is 24.3 Å². The third kappa shape index (κ3) is 4.00. The van der Waals surface area contributed by atoms with Gasteiger partial charge in [-0.1, -0.05) is 47.7 Å². The molecule has 3 heterocycles. The Morgan fingerprint density at radius 1 is 1.06 bits per heavy atom. The van der Waals surface area contributed by atoms with Crippen molar-refractivity contribution < 1.29 is 14.3 Å². The van der Waals surface area contributed by atoms with Crippen LogP contribution in [0.4, 0.5) is 5.00 Å². The second-order valence-corrected chi connectivity index (χ2v) is 8.30. The zero-order valence-electron chi connectivity index (χ0n) is 17.1. The van der Waals surface area contributed by atoms with Gasteiger partial charge in [-0.15, -0.1) is 16.4 Å². The monoisotopic (exact) mass is 448 g/mol. The highest BCUT2D eigenvalue weighted by Gasteiger charge is 2.23. The highest BCUT2D eigenvalue weighted by molar-refractivity contribution is 7.18. The summed E-state index contributed by atoms with van der Waals surface area (Å²) in [7, 11) is 0. The fraction of sp³-hybridized carbons (Fsp3) is 0.217. The third-order valence-electron chi connectivity index (χ3n) is 5.24. The van der Waals surface area contributed by atoms with Crippen LogP contribution in [0, 0.1) is 0 Å². The lowest BCUT2D eigenvalue weighted by atomic mass is 10.1. The molecule has 1 aliphatic rings. The van der Waals surface area contributed by atoms with Crippen LogP contribution in [0.1, 0.15) is 9.67 Å². The van der Waals surface area contributed by atoms with Gasteiger partial charge >= 0.3 is 5.97 Å². The van der Waals surface area contributed by atoms with Crippen molar-refractivity contribution in [2.24, 2.45) is 0 Å². The van der Waals surface area contributed by atoms with E-state index in [0.717, 1.165) is 33.9 Å². The van der Waals surface area contributed by atoms with Crippen LogP contribution in [-0.2, 0) is 16.2 Å². The molecule has 1 aliphatic heterocycles. The topological polar surface area (TPSA) is 86.6 Å². The Bertz CT molecular complexity index is 1310. The fourth-order valence-electron chi connectivity index (χ4n) is 3.61. The van der Waals surface area contributed by atoms with Gasteiger partial charge in [0.05, 0.1) is 23.6 Å². The van der Waals surface area contributed by atoms with E-state index in [2.05, 4.69) is 15.2 Å². The van der Waals surface area contributed by atoms with Crippen molar-refractivity contribution in [3.8, 4) is 11.1 Å². The summed E-state index contributed by atoms with van der Waals surface area (Å²) in [5.74, 6) is -0.506. The molecule has 32 heavy (non-hydrogen) atoms. The first-order chi connectivity index (χ1) is 15.7. The SMILES string of the molecule is O=C(OCn1nnc2ccccc2c1=O)c1cc(-c2ccccc2)c(N2CCOCC2)s1. The second-order valence-electron chi connectivity index (χ2n) is 7.27. The van der Waals surface area contributed by atoms with Gasteiger partial charge < -0.3 is 14.4 Å². The number of esters is 1. The number of aromatic nitrogens is 3. The molecule has 0 radical (unpaired) electrons. The zero-order chi connectivity index (χ0) is 21.9. The lowest BCUT2D eigenvalue weighted by Crippen LogP contribution is -2.35. The van der Waals surface area contributed by atoms with Gasteiger partial charge in [-0.3, -0.25) is 4.79 Å². The Morgan fingerprint density at radius 2 is 1.81 bits per heavy atom. The maximum atomic E-state index is 12.9. The van der Waals surface area contributed by atoms with Crippen LogP contribution >= 0.6 is 11.3 Å². The van der Waals surface area contributed by atoms with Gasteiger partial charge in [0, 0.05) is 18.7 Å². The van der Waals surface area contributed by atoms with Crippen LogP contribution in [0.2, 0.25) is 0 Å². The Balaban J connectivity index is 1.41. The Hall–Kier alpha value is -3.56. The number of rotatable bonds is 5. The molecular weight excluding hydrogens is 428 g/mol. The van der Waals surface area contributed by atoms with E-state index in [9.17, 15) is 9.59 Å². The molecule has 0 unspecified atom stereocenters. The number of thiophene rings is 1. The van der Waals surface area contributed by atoms with Gasteiger partial charge in [-0.2, -0.15) is 4.68 Å².